The summed E-state index contributed by atoms with van der Waals surface area (Å²) >= 11 is 0. The molecule has 0 bridgehead atoms. The van der Waals surface area contributed by atoms with E-state index in [0.29, 0.717) is 0 Å². The van der Waals surface area contributed by atoms with E-state index in [4.69, 9.17) is 5.11 Å². The van der Waals surface area contributed by atoms with Crippen molar-refractivity contribution in [2.24, 2.45) is 5.92 Å². The Bertz CT molecular complexity index is 508. The maximum atomic E-state index is 12.8. The summed E-state index contributed by atoms with van der Waals surface area (Å²) in [7, 11) is 0. The smallest absolute Gasteiger partial charge is 0.417 e. The molecule has 1 atom stereocenters. The number of carboxylic acid groups (broad SMARTS) is 1. The summed E-state index contributed by atoms with van der Waals surface area (Å²) in [5.41, 5.74) is -2.11. The van der Waals surface area contributed by atoms with Crippen molar-refractivity contribution < 1.29 is 32.3 Å². The van der Waals surface area contributed by atoms with E-state index in [1.165, 1.54) is 6.92 Å². The predicted octanol–water partition coefficient (Wildman–Crippen LogP) is 3.14. The van der Waals surface area contributed by atoms with Crippen LogP contribution in [0.5, 0.6) is 0 Å². The lowest BCUT2D eigenvalue weighted by molar-refractivity contribution is -0.141. The van der Waals surface area contributed by atoms with Crippen molar-refractivity contribution in [2.45, 2.75) is 19.5 Å². The first-order valence-electron chi connectivity index (χ1n) is 5.25. The number of hydrogen-bond acceptors (Lipinski definition) is 2. The maximum absolute atomic E-state index is 12.8. The van der Waals surface area contributed by atoms with Crippen LogP contribution in [0, 0.1) is 11.7 Å². The first-order chi connectivity index (χ1) is 8.62. The molecule has 0 aliphatic heterocycles. The number of carbonyl (C=O) groups is 2. The van der Waals surface area contributed by atoms with Gasteiger partial charge in [0.05, 0.1) is 11.5 Å². The van der Waals surface area contributed by atoms with Gasteiger partial charge in [-0.25, -0.2) is 4.39 Å². The first kappa shape index (κ1) is 15.1. The van der Waals surface area contributed by atoms with Gasteiger partial charge in [0, 0.05) is 12.0 Å². The van der Waals surface area contributed by atoms with Crippen LogP contribution in [0.3, 0.4) is 0 Å². The van der Waals surface area contributed by atoms with E-state index in [-0.39, 0.29) is 6.07 Å². The summed E-state index contributed by atoms with van der Waals surface area (Å²) in [4.78, 5) is 22.2. The van der Waals surface area contributed by atoms with Crippen LogP contribution >= 0.6 is 0 Å². The van der Waals surface area contributed by atoms with E-state index in [9.17, 15) is 27.2 Å². The van der Waals surface area contributed by atoms with Gasteiger partial charge in [0.2, 0.25) is 0 Å². The van der Waals surface area contributed by atoms with Gasteiger partial charge in [0.25, 0.3) is 0 Å². The fourth-order valence-corrected chi connectivity index (χ4v) is 1.47. The highest BCUT2D eigenvalue weighted by molar-refractivity contribution is 5.99. The fourth-order valence-electron chi connectivity index (χ4n) is 1.47. The van der Waals surface area contributed by atoms with Crippen molar-refractivity contribution in [1.29, 1.82) is 0 Å². The van der Waals surface area contributed by atoms with E-state index in [1.807, 2.05) is 0 Å². The van der Waals surface area contributed by atoms with Crippen molar-refractivity contribution in [3.05, 3.63) is 35.1 Å². The number of ketones is 1. The predicted molar refractivity (Wildman–Crippen MR) is 57.1 cm³/mol. The molecule has 1 aromatic carbocycles. The van der Waals surface area contributed by atoms with Gasteiger partial charge in [0.15, 0.2) is 5.78 Å². The lowest BCUT2D eigenvalue weighted by Crippen LogP contribution is -2.18. The summed E-state index contributed by atoms with van der Waals surface area (Å²) in [5, 5.41) is 8.62. The third-order valence-electron chi connectivity index (χ3n) is 2.50. The molecular weight excluding hydrogens is 268 g/mol. The molecule has 0 saturated carbocycles. The summed E-state index contributed by atoms with van der Waals surface area (Å²) in [6.07, 6.45) is -5.45. The second-order valence-corrected chi connectivity index (χ2v) is 4.05. The Morgan fingerprint density at radius 1 is 1.32 bits per heavy atom. The van der Waals surface area contributed by atoms with Gasteiger partial charge in [-0.1, -0.05) is 6.92 Å². The summed E-state index contributed by atoms with van der Waals surface area (Å²) < 4.78 is 50.8. The number of carboxylic acids is 1. The molecule has 1 rings (SSSR count). The Balaban J connectivity index is 3.13. The number of carbonyl (C=O) groups excluding carboxylic acids is 1. The Morgan fingerprint density at radius 2 is 1.89 bits per heavy atom. The van der Waals surface area contributed by atoms with Crippen molar-refractivity contribution in [1.82, 2.24) is 0 Å². The maximum Gasteiger partial charge on any atom is 0.417 e. The minimum Gasteiger partial charge on any atom is -0.481 e. The zero-order valence-electron chi connectivity index (χ0n) is 9.79. The zero-order valence-corrected chi connectivity index (χ0v) is 9.79. The van der Waals surface area contributed by atoms with E-state index in [1.54, 1.807) is 0 Å². The fraction of sp³-hybridized carbons (Fsp3) is 0.333. The van der Waals surface area contributed by atoms with E-state index in [0.717, 1.165) is 12.1 Å². The molecule has 1 unspecified atom stereocenters. The van der Waals surface area contributed by atoms with Crippen LogP contribution in [-0.2, 0) is 11.0 Å². The number of halogens is 4. The lowest BCUT2D eigenvalue weighted by Gasteiger charge is -2.13. The third kappa shape index (κ3) is 3.77. The number of alkyl halides is 3. The largest absolute Gasteiger partial charge is 0.481 e. The van der Waals surface area contributed by atoms with Crippen LogP contribution in [0.4, 0.5) is 17.6 Å². The van der Waals surface area contributed by atoms with E-state index < -0.39 is 47.2 Å². The SMILES string of the molecule is CC(CC(=O)c1ccc(F)cc1C(F)(F)F)C(=O)O. The van der Waals surface area contributed by atoms with Crippen LogP contribution in [-0.4, -0.2) is 16.9 Å². The summed E-state index contributed by atoms with van der Waals surface area (Å²) in [5.74, 6) is -4.50. The summed E-state index contributed by atoms with van der Waals surface area (Å²) in [6.45, 7) is 1.21. The quantitative estimate of drug-likeness (QED) is 0.680. The van der Waals surface area contributed by atoms with Gasteiger partial charge >= 0.3 is 12.1 Å². The Kier molecular flexibility index (Phi) is 4.28. The topological polar surface area (TPSA) is 54.4 Å². The minimum atomic E-state index is -4.88. The van der Waals surface area contributed by atoms with Gasteiger partial charge in [-0.05, 0) is 18.2 Å². The molecule has 1 aromatic rings. The molecule has 0 aromatic heterocycles. The molecule has 19 heavy (non-hydrogen) atoms. The molecule has 0 amide bonds. The Hall–Kier alpha value is -1.92. The number of hydrogen-bond donors (Lipinski definition) is 1. The minimum absolute atomic E-state index is 0.221. The molecule has 0 saturated heterocycles. The molecule has 0 radical (unpaired) electrons. The van der Waals surface area contributed by atoms with Crippen LogP contribution in [0.1, 0.15) is 29.3 Å². The Morgan fingerprint density at radius 3 is 2.37 bits per heavy atom. The monoisotopic (exact) mass is 278 g/mol. The normalized spacial score (nSPS) is 13.1. The highest BCUT2D eigenvalue weighted by Gasteiger charge is 2.36. The van der Waals surface area contributed by atoms with Gasteiger partial charge in [0.1, 0.15) is 5.82 Å². The molecule has 7 heteroatoms. The molecule has 1 N–H and O–H groups in total. The van der Waals surface area contributed by atoms with Gasteiger partial charge in [-0.3, -0.25) is 9.59 Å². The van der Waals surface area contributed by atoms with Crippen molar-refractivity contribution in [3.8, 4) is 0 Å². The zero-order chi connectivity index (χ0) is 14.8. The molecule has 3 nitrogen and oxygen atoms in total. The molecule has 0 heterocycles. The van der Waals surface area contributed by atoms with Gasteiger partial charge in [-0.2, -0.15) is 13.2 Å². The standard InChI is InChI=1S/C12H10F4O3/c1-6(11(18)19)4-10(17)8-3-2-7(13)5-9(8)12(14,15)16/h2-3,5-6H,4H2,1H3,(H,18,19). The molecule has 0 spiro atoms. The second kappa shape index (κ2) is 5.38. The first-order valence-corrected chi connectivity index (χ1v) is 5.25. The molecule has 0 fully saturated rings. The number of Topliss-reactive ketones (excluding diaryl/α,β-unsaturated/α-hetero) is 1. The highest BCUT2D eigenvalue weighted by atomic mass is 19.4. The van der Waals surface area contributed by atoms with Crippen LogP contribution < -0.4 is 0 Å². The van der Waals surface area contributed by atoms with Crippen LogP contribution in [0.15, 0.2) is 18.2 Å². The number of aliphatic carboxylic acids is 1. The van der Waals surface area contributed by atoms with E-state index in [2.05, 4.69) is 0 Å². The third-order valence-corrected chi connectivity index (χ3v) is 2.50. The molecule has 0 aliphatic carbocycles. The van der Waals surface area contributed by atoms with E-state index >= 15 is 0 Å². The molecule has 0 aliphatic rings. The Labute approximate surface area is 105 Å². The van der Waals surface area contributed by atoms with Crippen molar-refractivity contribution in [2.75, 3.05) is 0 Å². The molecular formula is C12H10F4O3. The van der Waals surface area contributed by atoms with Crippen molar-refractivity contribution in [3.63, 3.8) is 0 Å². The molecule has 104 valence electrons. The lowest BCUT2D eigenvalue weighted by atomic mass is 9.96. The average molecular weight is 278 g/mol. The second-order valence-electron chi connectivity index (χ2n) is 4.05. The number of rotatable bonds is 4. The summed E-state index contributed by atoms with van der Waals surface area (Å²) in [6, 6.07) is 1.67. The van der Waals surface area contributed by atoms with Crippen molar-refractivity contribution >= 4 is 11.8 Å². The van der Waals surface area contributed by atoms with Crippen LogP contribution in [0.25, 0.3) is 0 Å². The number of benzene rings is 1. The van der Waals surface area contributed by atoms with Gasteiger partial charge in [-0.15, -0.1) is 0 Å². The highest BCUT2D eigenvalue weighted by Crippen LogP contribution is 2.33. The van der Waals surface area contributed by atoms with Gasteiger partial charge < -0.3 is 5.11 Å². The average Bonchev–Trinajstić information content (AvgIpc) is 2.27. The van der Waals surface area contributed by atoms with Crippen LogP contribution in [0.2, 0.25) is 0 Å².